The molecule has 0 radical (unpaired) electrons. The lowest BCUT2D eigenvalue weighted by molar-refractivity contribution is -0.158. The van der Waals surface area contributed by atoms with Gasteiger partial charge >= 0.3 is 5.97 Å². The highest BCUT2D eigenvalue weighted by molar-refractivity contribution is 6.06. The van der Waals surface area contributed by atoms with Crippen molar-refractivity contribution >= 4 is 17.8 Å². The summed E-state index contributed by atoms with van der Waals surface area (Å²) < 4.78 is 16.6. The molecule has 0 saturated carbocycles. The molecular formula is C28H28O5. The lowest BCUT2D eigenvalue weighted by Crippen LogP contribution is -2.39. The summed E-state index contributed by atoms with van der Waals surface area (Å²) in [6.45, 7) is 5.78. The molecule has 0 spiro atoms. The molecule has 0 unspecified atom stereocenters. The number of hydrogen-bond acceptors (Lipinski definition) is 5. The predicted octanol–water partition coefficient (Wildman–Crippen LogP) is 5.88. The summed E-state index contributed by atoms with van der Waals surface area (Å²) in [5.41, 5.74) is 1.46. The van der Waals surface area contributed by atoms with Crippen LogP contribution in [0, 0.1) is 0 Å². The van der Waals surface area contributed by atoms with E-state index in [4.69, 9.17) is 14.2 Å². The molecule has 3 aromatic rings. The van der Waals surface area contributed by atoms with Gasteiger partial charge in [0.25, 0.3) is 0 Å². The Bertz CT molecular complexity index is 1080. The highest BCUT2D eigenvalue weighted by Crippen LogP contribution is 2.21. The molecule has 0 amide bonds. The largest absolute Gasteiger partial charge is 0.489 e. The van der Waals surface area contributed by atoms with Crippen LogP contribution in [0.5, 0.6) is 11.5 Å². The monoisotopic (exact) mass is 444 g/mol. The summed E-state index contributed by atoms with van der Waals surface area (Å²) in [6.07, 6.45) is 3.37. The van der Waals surface area contributed by atoms with Crippen molar-refractivity contribution in [3.63, 3.8) is 0 Å². The van der Waals surface area contributed by atoms with E-state index in [9.17, 15) is 9.59 Å². The van der Waals surface area contributed by atoms with Crippen LogP contribution in [0.15, 0.2) is 84.9 Å². The zero-order valence-corrected chi connectivity index (χ0v) is 19.1. The van der Waals surface area contributed by atoms with E-state index < -0.39 is 11.6 Å². The van der Waals surface area contributed by atoms with E-state index in [1.165, 1.54) is 0 Å². The molecule has 0 aliphatic carbocycles. The number of hydrogen-bond donors (Lipinski definition) is 0. The molecule has 0 fully saturated rings. The molecule has 0 aliphatic heterocycles. The molecule has 33 heavy (non-hydrogen) atoms. The molecule has 0 N–H and O–H groups in total. The van der Waals surface area contributed by atoms with E-state index in [0.29, 0.717) is 30.3 Å². The number of carbonyl (C=O) groups is 2. The Balaban J connectivity index is 1.52. The molecule has 0 aliphatic rings. The van der Waals surface area contributed by atoms with E-state index in [1.54, 1.807) is 69.3 Å². The Morgan fingerprint density at radius 2 is 1.48 bits per heavy atom. The summed E-state index contributed by atoms with van der Waals surface area (Å²) in [7, 11) is 0. The van der Waals surface area contributed by atoms with Crippen molar-refractivity contribution in [2.45, 2.75) is 33.0 Å². The van der Waals surface area contributed by atoms with Crippen molar-refractivity contribution in [2.24, 2.45) is 0 Å². The minimum atomic E-state index is -1.07. The van der Waals surface area contributed by atoms with Crippen molar-refractivity contribution in [2.75, 3.05) is 6.61 Å². The van der Waals surface area contributed by atoms with Crippen LogP contribution in [-0.4, -0.2) is 24.0 Å². The number of ether oxygens (including phenoxy) is 3. The molecule has 0 bridgehead atoms. The molecular weight excluding hydrogens is 416 g/mol. The number of carbonyl (C=O) groups excluding carboxylic acids is 2. The van der Waals surface area contributed by atoms with Gasteiger partial charge in [-0.2, -0.15) is 0 Å². The maximum Gasteiger partial charge on any atom is 0.349 e. The minimum absolute atomic E-state index is 0.0632. The van der Waals surface area contributed by atoms with E-state index in [-0.39, 0.29) is 5.78 Å². The normalized spacial score (nSPS) is 11.2. The van der Waals surface area contributed by atoms with E-state index in [0.717, 1.165) is 11.1 Å². The summed E-state index contributed by atoms with van der Waals surface area (Å²) in [6, 6.07) is 24.1. The number of benzene rings is 3. The Kier molecular flexibility index (Phi) is 8.03. The van der Waals surface area contributed by atoms with Gasteiger partial charge in [-0.1, -0.05) is 48.5 Å². The highest BCUT2D eigenvalue weighted by atomic mass is 16.6. The zero-order valence-electron chi connectivity index (χ0n) is 19.1. The molecule has 170 valence electrons. The lowest BCUT2D eigenvalue weighted by atomic mass is 10.1. The van der Waals surface area contributed by atoms with Crippen molar-refractivity contribution in [1.82, 2.24) is 0 Å². The predicted molar refractivity (Wildman–Crippen MR) is 128 cm³/mol. The van der Waals surface area contributed by atoms with Crippen molar-refractivity contribution in [3.05, 3.63) is 102 Å². The van der Waals surface area contributed by atoms with Gasteiger partial charge < -0.3 is 14.2 Å². The summed E-state index contributed by atoms with van der Waals surface area (Å²) in [5.74, 6) is 0.771. The molecule has 0 saturated heterocycles. The van der Waals surface area contributed by atoms with Gasteiger partial charge in [0, 0.05) is 5.56 Å². The first kappa shape index (κ1) is 23.8. The Labute approximate surface area is 194 Å². The second kappa shape index (κ2) is 11.1. The van der Waals surface area contributed by atoms with Gasteiger partial charge in [-0.15, -0.1) is 0 Å². The number of esters is 1. The molecule has 5 heteroatoms. The smallest absolute Gasteiger partial charge is 0.349 e. The van der Waals surface area contributed by atoms with Gasteiger partial charge in [0.1, 0.15) is 18.1 Å². The van der Waals surface area contributed by atoms with Crippen LogP contribution in [0.3, 0.4) is 0 Å². The van der Waals surface area contributed by atoms with E-state index in [2.05, 4.69) is 0 Å². The van der Waals surface area contributed by atoms with Gasteiger partial charge in [0.05, 0.1) is 6.61 Å². The van der Waals surface area contributed by atoms with Crippen LogP contribution in [0.25, 0.3) is 6.08 Å². The fourth-order valence-corrected chi connectivity index (χ4v) is 3.01. The SMILES string of the molecule is CCOC(=O)C(C)(C)Oc1ccc(COc2ccc(C(=O)/C=C/c3ccccc3)cc2)cc1. The first-order valence-corrected chi connectivity index (χ1v) is 10.8. The Morgan fingerprint density at radius 1 is 0.848 bits per heavy atom. The van der Waals surface area contributed by atoms with Gasteiger partial charge in [0.2, 0.25) is 0 Å². The summed E-state index contributed by atoms with van der Waals surface area (Å²) >= 11 is 0. The van der Waals surface area contributed by atoms with Gasteiger partial charge in [-0.05, 0) is 74.4 Å². The first-order valence-electron chi connectivity index (χ1n) is 10.8. The molecule has 0 heterocycles. The zero-order chi connectivity index (χ0) is 23.7. The second-order valence-electron chi connectivity index (χ2n) is 7.90. The maximum absolute atomic E-state index is 12.3. The standard InChI is InChI=1S/C28H28O5/c1-4-31-27(30)28(2,3)33-25-15-10-22(11-16-25)20-32-24-17-13-23(14-18-24)26(29)19-12-21-8-6-5-7-9-21/h5-19H,4,20H2,1-3H3/b19-12+. The van der Waals surface area contributed by atoms with Gasteiger partial charge in [0.15, 0.2) is 11.4 Å². The maximum atomic E-state index is 12.3. The third-order valence-electron chi connectivity index (χ3n) is 4.83. The molecule has 0 aromatic heterocycles. The third kappa shape index (κ3) is 7.07. The molecule has 3 aromatic carbocycles. The average Bonchev–Trinajstić information content (AvgIpc) is 2.83. The Hall–Kier alpha value is -3.86. The van der Waals surface area contributed by atoms with Crippen LogP contribution in [0.1, 0.15) is 42.3 Å². The highest BCUT2D eigenvalue weighted by Gasteiger charge is 2.31. The molecule has 3 rings (SSSR count). The van der Waals surface area contributed by atoms with Crippen LogP contribution in [-0.2, 0) is 16.1 Å². The van der Waals surface area contributed by atoms with Crippen molar-refractivity contribution < 1.29 is 23.8 Å². The van der Waals surface area contributed by atoms with E-state index >= 15 is 0 Å². The Morgan fingerprint density at radius 3 is 2.12 bits per heavy atom. The van der Waals surface area contributed by atoms with Crippen LogP contribution in [0.2, 0.25) is 0 Å². The quantitative estimate of drug-likeness (QED) is 0.222. The summed E-state index contributed by atoms with van der Waals surface area (Å²) in [4.78, 5) is 24.3. The lowest BCUT2D eigenvalue weighted by Gasteiger charge is -2.24. The van der Waals surface area contributed by atoms with Crippen molar-refractivity contribution in [3.8, 4) is 11.5 Å². The van der Waals surface area contributed by atoms with Crippen LogP contribution in [0.4, 0.5) is 0 Å². The third-order valence-corrected chi connectivity index (χ3v) is 4.83. The first-order chi connectivity index (χ1) is 15.9. The number of rotatable bonds is 10. The fraction of sp³-hybridized carbons (Fsp3) is 0.214. The summed E-state index contributed by atoms with van der Waals surface area (Å²) in [5, 5.41) is 0. The average molecular weight is 445 g/mol. The van der Waals surface area contributed by atoms with Gasteiger partial charge in [-0.3, -0.25) is 4.79 Å². The van der Waals surface area contributed by atoms with Crippen molar-refractivity contribution in [1.29, 1.82) is 0 Å². The van der Waals surface area contributed by atoms with Gasteiger partial charge in [-0.25, -0.2) is 4.79 Å². The number of ketones is 1. The second-order valence-corrected chi connectivity index (χ2v) is 7.90. The minimum Gasteiger partial charge on any atom is -0.489 e. The van der Waals surface area contributed by atoms with Crippen LogP contribution >= 0.6 is 0 Å². The van der Waals surface area contributed by atoms with Crippen LogP contribution < -0.4 is 9.47 Å². The topological polar surface area (TPSA) is 61.8 Å². The number of allylic oxidation sites excluding steroid dienone is 1. The fourth-order valence-electron chi connectivity index (χ4n) is 3.01. The molecule has 0 atom stereocenters. The molecule has 5 nitrogen and oxygen atoms in total. The van der Waals surface area contributed by atoms with E-state index in [1.807, 2.05) is 42.5 Å².